The van der Waals surface area contributed by atoms with Crippen LogP contribution in [0, 0.1) is 11.2 Å². The van der Waals surface area contributed by atoms with E-state index >= 15 is 0 Å². The summed E-state index contributed by atoms with van der Waals surface area (Å²) in [5.74, 6) is -0.218. The number of benzene rings is 1. The molecule has 4 nitrogen and oxygen atoms in total. The molecule has 1 saturated heterocycles. The van der Waals surface area contributed by atoms with Crippen LogP contribution in [0.15, 0.2) is 24.3 Å². The number of nitrogens with zero attached hydrogens (tertiary/aromatic N) is 2. The lowest BCUT2D eigenvalue weighted by atomic mass is 9.86. The maximum atomic E-state index is 12.9. The van der Waals surface area contributed by atoms with E-state index < -0.39 is 6.04 Å². The van der Waals surface area contributed by atoms with Gasteiger partial charge in [0.25, 0.3) is 0 Å². The highest BCUT2D eigenvalue weighted by atomic mass is 19.1. The van der Waals surface area contributed by atoms with Crippen molar-refractivity contribution in [1.82, 2.24) is 4.90 Å². The number of carbonyl (C=O) groups is 1. The van der Waals surface area contributed by atoms with E-state index in [1.165, 1.54) is 12.1 Å². The quantitative estimate of drug-likeness (QED) is 0.905. The van der Waals surface area contributed by atoms with Gasteiger partial charge in [0.2, 0.25) is 5.91 Å². The van der Waals surface area contributed by atoms with Crippen LogP contribution in [-0.2, 0) is 4.79 Å². The Morgan fingerprint density at radius 3 is 2.14 bits per heavy atom. The maximum Gasteiger partial charge on any atom is 0.240 e. The van der Waals surface area contributed by atoms with Crippen molar-refractivity contribution in [3.63, 3.8) is 0 Å². The van der Waals surface area contributed by atoms with E-state index in [9.17, 15) is 9.18 Å². The average molecular weight is 293 g/mol. The van der Waals surface area contributed by atoms with Crippen molar-refractivity contribution in [2.45, 2.75) is 26.8 Å². The SMILES string of the molecule is CC(C)(C)[C@@H](N)C(=O)N1CCN(c2ccc(F)cc2)CC1. The zero-order chi connectivity index (χ0) is 15.6. The minimum absolute atomic E-state index is 0.0151. The van der Waals surface area contributed by atoms with Crippen LogP contribution in [0.25, 0.3) is 0 Å². The Morgan fingerprint density at radius 2 is 1.67 bits per heavy atom. The molecule has 5 heteroatoms. The third kappa shape index (κ3) is 3.73. The monoisotopic (exact) mass is 293 g/mol. The molecule has 1 aliphatic heterocycles. The summed E-state index contributed by atoms with van der Waals surface area (Å²) in [6, 6.07) is 5.99. The van der Waals surface area contributed by atoms with Crippen LogP contribution in [0.2, 0.25) is 0 Å². The molecule has 1 atom stereocenters. The smallest absolute Gasteiger partial charge is 0.240 e. The first-order valence-corrected chi connectivity index (χ1v) is 7.34. The molecule has 0 spiro atoms. The van der Waals surface area contributed by atoms with E-state index in [0.29, 0.717) is 13.1 Å². The molecule has 0 aromatic heterocycles. The van der Waals surface area contributed by atoms with Crippen LogP contribution in [0.5, 0.6) is 0 Å². The van der Waals surface area contributed by atoms with E-state index in [1.54, 1.807) is 12.1 Å². The molecule has 1 heterocycles. The Labute approximate surface area is 125 Å². The molecule has 1 aromatic carbocycles. The molecule has 2 N–H and O–H groups in total. The molecule has 21 heavy (non-hydrogen) atoms. The van der Waals surface area contributed by atoms with Crippen molar-refractivity contribution in [2.24, 2.45) is 11.1 Å². The first-order chi connectivity index (χ1) is 9.79. The fourth-order valence-corrected chi connectivity index (χ4v) is 2.40. The molecule has 1 amide bonds. The average Bonchev–Trinajstić information content (AvgIpc) is 2.46. The van der Waals surface area contributed by atoms with E-state index in [4.69, 9.17) is 5.73 Å². The van der Waals surface area contributed by atoms with Gasteiger partial charge < -0.3 is 15.5 Å². The predicted molar refractivity (Wildman–Crippen MR) is 82.6 cm³/mol. The van der Waals surface area contributed by atoms with Crippen LogP contribution in [-0.4, -0.2) is 43.0 Å². The summed E-state index contributed by atoms with van der Waals surface area (Å²) in [6.45, 7) is 8.72. The van der Waals surface area contributed by atoms with Gasteiger partial charge in [0, 0.05) is 31.9 Å². The van der Waals surface area contributed by atoms with Gasteiger partial charge in [-0.05, 0) is 29.7 Å². The van der Waals surface area contributed by atoms with Crippen molar-refractivity contribution in [3.8, 4) is 0 Å². The van der Waals surface area contributed by atoms with Gasteiger partial charge in [0.15, 0.2) is 0 Å². The van der Waals surface area contributed by atoms with Gasteiger partial charge in [-0.1, -0.05) is 20.8 Å². The van der Waals surface area contributed by atoms with Gasteiger partial charge in [0.05, 0.1) is 6.04 Å². The van der Waals surface area contributed by atoms with Crippen LogP contribution in [0.3, 0.4) is 0 Å². The van der Waals surface area contributed by atoms with Gasteiger partial charge in [-0.3, -0.25) is 4.79 Å². The molecule has 0 saturated carbocycles. The summed E-state index contributed by atoms with van der Waals surface area (Å²) in [4.78, 5) is 16.4. The number of nitrogens with two attached hydrogens (primary N) is 1. The van der Waals surface area contributed by atoms with Crippen LogP contribution < -0.4 is 10.6 Å². The summed E-state index contributed by atoms with van der Waals surface area (Å²) in [6.07, 6.45) is 0. The van der Waals surface area contributed by atoms with Crippen molar-refractivity contribution >= 4 is 11.6 Å². The lowest BCUT2D eigenvalue weighted by Crippen LogP contribution is -2.56. The minimum Gasteiger partial charge on any atom is -0.368 e. The first kappa shape index (κ1) is 15.8. The van der Waals surface area contributed by atoms with Crippen LogP contribution >= 0.6 is 0 Å². The Hall–Kier alpha value is -1.62. The molecular formula is C16H24FN3O. The van der Waals surface area contributed by atoms with E-state index in [-0.39, 0.29) is 17.1 Å². The third-order valence-corrected chi connectivity index (χ3v) is 3.98. The Morgan fingerprint density at radius 1 is 1.14 bits per heavy atom. The zero-order valence-electron chi connectivity index (χ0n) is 13.0. The standard InChI is InChI=1S/C16H24FN3O/c1-16(2,3)14(18)15(21)20-10-8-19(9-11-20)13-6-4-12(17)5-7-13/h4-7,14H,8-11,18H2,1-3H3/t14-/m0/s1. The highest BCUT2D eigenvalue weighted by molar-refractivity contribution is 5.82. The van der Waals surface area contributed by atoms with Gasteiger partial charge in [-0.25, -0.2) is 4.39 Å². The lowest BCUT2D eigenvalue weighted by Gasteiger charge is -2.39. The second-order valence-corrected chi connectivity index (χ2v) is 6.63. The molecule has 0 aliphatic carbocycles. The topological polar surface area (TPSA) is 49.6 Å². The number of carbonyl (C=O) groups excluding carboxylic acids is 1. The molecule has 0 bridgehead atoms. The number of piperazine rings is 1. The minimum atomic E-state index is -0.477. The number of anilines is 1. The number of rotatable bonds is 2. The Bertz CT molecular complexity index is 487. The molecule has 0 unspecified atom stereocenters. The highest BCUT2D eigenvalue weighted by Crippen LogP contribution is 2.21. The summed E-state index contributed by atoms with van der Waals surface area (Å²) >= 11 is 0. The normalized spacial score (nSPS) is 17.8. The van der Waals surface area contributed by atoms with Crippen LogP contribution in [0.1, 0.15) is 20.8 Å². The highest BCUT2D eigenvalue weighted by Gasteiger charge is 2.32. The maximum absolute atomic E-state index is 12.9. The summed E-state index contributed by atoms with van der Waals surface area (Å²) < 4.78 is 12.9. The van der Waals surface area contributed by atoms with Gasteiger partial charge in [0.1, 0.15) is 5.82 Å². The van der Waals surface area contributed by atoms with Crippen LogP contribution in [0.4, 0.5) is 10.1 Å². The largest absolute Gasteiger partial charge is 0.368 e. The number of hydrogen-bond donors (Lipinski definition) is 1. The Kier molecular flexibility index (Phi) is 4.52. The van der Waals surface area contributed by atoms with E-state index in [2.05, 4.69) is 4.90 Å². The first-order valence-electron chi connectivity index (χ1n) is 7.34. The van der Waals surface area contributed by atoms with Crippen molar-refractivity contribution < 1.29 is 9.18 Å². The molecule has 116 valence electrons. The summed E-state index contributed by atoms with van der Waals surface area (Å²) in [7, 11) is 0. The molecule has 1 aromatic rings. The second kappa shape index (κ2) is 6.02. The molecule has 1 aliphatic rings. The molecule has 2 rings (SSSR count). The summed E-state index contributed by atoms with van der Waals surface area (Å²) in [5.41, 5.74) is 6.80. The second-order valence-electron chi connectivity index (χ2n) is 6.63. The number of amides is 1. The van der Waals surface area contributed by atoms with Crippen molar-refractivity contribution in [3.05, 3.63) is 30.1 Å². The number of hydrogen-bond acceptors (Lipinski definition) is 3. The van der Waals surface area contributed by atoms with Crippen molar-refractivity contribution in [2.75, 3.05) is 31.1 Å². The fourth-order valence-electron chi connectivity index (χ4n) is 2.40. The Balaban J connectivity index is 1.94. The third-order valence-electron chi connectivity index (χ3n) is 3.98. The fraction of sp³-hybridized carbons (Fsp3) is 0.562. The lowest BCUT2D eigenvalue weighted by molar-refractivity contribution is -0.135. The van der Waals surface area contributed by atoms with E-state index in [1.807, 2.05) is 25.7 Å². The molecule has 0 radical (unpaired) electrons. The number of halogens is 1. The van der Waals surface area contributed by atoms with Gasteiger partial charge in [-0.2, -0.15) is 0 Å². The van der Waals surface area contributed by atoms with Gasteiger partial charge >= 0.3 is 0 Å². The zero-order valence-corrected chi connectivity index (χ0v) is 13.0. The predicted octanol–water partition coefficient (Wildman–Crippen LogP) is 1.85. The molecular weight excluding hydrogens is 269 g/mol. The van der Waals surface area contributed by atoms with Crippen molar-refractivity contribution in [1.29, 1.82) is 0 Å². The van der Waals surface area contributed by atoms with E-state index in [0.717, 1.165) is 18.8 Å². The summed E-state index contributed by atoms with van der Waals surface area (Å²) in [5, 5.41) is 0. The van der Waals surface area contributed by atoms with Gasteiger partial charge in [-0.15, -0.1) is 0 Å². The molecule has 1 fully saturated rings.